The molecule has 134 valence electrons. The van der Waals surface area contributed by atoms with E-state index in [0.717, 1.165) is 5.75 Å². The summed E-state index contributed by atoms with van der Waals surface area (Å²) in [5.74, 6) is 1.69. The Hall–Kier alpha value is -3.06. The first-order chi connectivity index (χ1) is 12.5. The summed E-state index contributed by atoms with van der Waals surface area (Å²) in [5, 5.41) is 0. The topological polar surface area (TPSA) is 77.5 Å². The molecule has 3 rings (SSSR count). The van der Waals surface area contributed by atoms with Crippen LogP contribution in [0.15, 0.2) is 71.8 Å². The summed E-state index contributed by atoms with van der Waals surface area (Å²) in [5.41, 5.74) is 1.03. The molecule has 0 aliphatic heterocycles. The molecule has 0 saturated heterocycles. The van der Waals surface area contributed by atoms with Gasteiger partial charge in [0.25, 0.3) is 10.0 Å². The first-order valence-corrected chi connectivity index (χ1v) is 9.33. The van der Waals surface area contributed by atoms with Gasteiger partial charge in [-0.3, -0.25) is 4.72 Å². The molecule has 0 amide bonds. The molecule has 3 aromatic rings. The summed E-state index contributed by atoms with van der Waals surface area (Å²) >= 11 is 0. The summed E-state index contributed by atoms with van der Waals surface area (Å²) < 4.78 is 38.2. The second kappa shape index (κ2) is 7.45. The van der Waals surface area contributed by atoms with Crippen LogP contribution < -0.4 is 14.2 Å². The van der Waals surface area contributed by atoms with Crippen molar-refractivity contribution in [2.75, 3.05) is 11.8 Å². The minimum absolute atomic E-state index is 0.235. The van der Waals surface area contributed by atoms with Crippen LogP contribution in [0.3, 0.4) is 0 Å². The monoisotopic (exact) mass is 370 g/mol. The number of methoxy groups -OCH3 is 1. The number of pyridine rings is 1. The van der Waals surface area contributed by atoms with Gasteiger partial charge in [0.15, 0.2) is 0 Å². The number of sulfonamides is 1. The Morgan fingerprint density at radius 3 is 2.23 bits per heavy atom. The molecule has 7 heteroatoms. The smallest absolute Gasteiger partial charge is 0.262 e. The quantitative estimate of drug-likeness (QED) is 0.710. The Morgan fingerprint density at radius 1 is 0.923 bits per heavy atom. The fraction of sp³-hybridized carbons (Fsp3) is 0.105. The average molecular weight is 370 g/mol. The summed E-state index contributed by atoms with van der Waals surface area (Å²) in [6.07, 6.45) is 1.41. The first kappa shape index (κ1) is 17.8. The highest BCUT2D eigenvalue weighted by atomic mass is 32.2. The van der Waals surface area contributed by atoms with E-state index in [-0.39, 0.29) is 4.90 Å². The van der Waals surface area contributed by atoms with Crippen LogP contribution >= 0.6 is 0 Å². The number of nitrogens with one attached hydrogen (secondary N) is 1. The maximum absolute atomic E-state index is 12.5. The molecule has 6 nitrogen and oxygen atoms in total. The normalized spacial score (nSPS) is 11.0. The number of hydrogen-bond donors (Lipinski definition) is 1. The van der Waals surface area contributed by atoms with Crippen LogP contribution in [0.25, 0.3) is 0 Å². The maximum Gasteiger partial charge on any atom is 0.262 e. The number of rotatable bonds is 6. The van der Waals surface area contributed by atoms with Crippen molar-refractivity contribution in [2.45, 2.75) is 11.8 Å². The van der Waals surface area contributed by atoms with Gasteiger partial charge in [0.2, 0.25) is 5.88 Å². The summed E-state index contributed by atoms with van der Waals surface area (Å²) in [6, 6.07) is 17.1. The van der Waals surface area contributed by atoms with Crippen molar-refractivity contribution in [2.24, 2.45) is 0 Å². The Bertz CT molecular complexity index is 985. The molecule has 0 unspecified atom stereocenters. The zero-order chi connectivity index (χ0) is 18.6. The van der Waals surface area contributed by atoms with E-state index in [4.69, 9.17) is 9.47 Å². The minimum Gasteiger partial charge on any atom is -0.497 e. The van der Waals surface area contributed by atoms with Gasteiger partial charge >= 0.3 is 0 Å². The second-order valence-corrected chi connectivity index (χ2v) is 7.18. The third-order valence-corrected chi connectivity index (χ3v) is 5.20. The van der Waals surface area contributed by atoms with Crippen LogP contribution in [-0.4, -0.2) is 20.5 Å². The van der Waals surface area contributed by atoms with Crippen molar-refractivity contribution in [1.82, 2.24) is 4.98 Å². The minimum atomic E-state index is -3.67. The molecule has 0 aliphatic carbocycles. The molecule has 0 aliphatic rings. The number of aromatic nitrogens is 1. The predicted octanol–water partition coefficient (Wildman–Crippen LogP) is 3.99. The van der Waals surface area contributed by atoms with E-state index in [0.29, 0.717) is 22.9 Å². The lowest BCUT2D eigenvalue weighted by Gasteiger charge is -2.10. The molecule has 1 N–H and O–H groups in total. The molecular formula is C19H18N2O4S. The number of ether oxygens (including phenoxy) is 2. The van der Waals surface area contributed by atoms with E-state index >= 15 is 0 Å². The SMILES string of the molecule is COc1ccc(Oc2ccc(NS(=O)(=O)c3ccccc3C)cn2)cc1. The number of nitrogens with zero attached hydrogens (tertiary/aromatic N) is 1. The van der Waals surface area contributed by atoms with Crippen molar-refractivity contribution in [3.05, 3.63) is 72.4 Å². The summed E-state index contributed by atoms with van der Waals surface area (Å²) in [6.45, 7) is 1.75. The molecule has 0 atom stereocenters. The Balaban J connectivity index is 1.72. The molecule has 0 spiro atoms. The fourth-order valence-corrected chi connectivity index (χ4v) is 3.62. The zero-order valence-electron chi connectivity index (χ0n) is 14.3. The highest BCUT2D eigenvalue weighted by Crippen LogP contribution is 2.24. The van der Waals surface area contributed by atoms with Gasteiger partial charge in [-0.2, -0.15) is 0 Å². The van der Waals surface area contributed by atoms with Crippen LogP contribution in [0.1, 0.15) is 5.56 Å². The highest BCUT2D eigenvalue weighted by Gasteiger charge is 2.16. The van der Waals surface area contributed by atoms with Gasteiger partial charge < -0.3 is 9.47 Å². The van der Waals surface area contributed by atoms with Gasteiger partial charge in [-0.1, -0.05) is 18.2 Å². The van der Waals surface area contributed by atoms with Crippen molar-refractivity contribution >= 4 is 15.7 Å². The van der Waals surface area contributed by atoms with Gasteiger partial charge in [0.05, 0.1) is 23.9 Å². The molecule has 0 radical (unpaired) electrons. The van der Waals surface area contributed by atoms with Gasteiger partial charge in [-0.25, -0.2) is 13.4 Å². The molecular weight excluding hydrogens is 352 g/mol. The van der Waals surface area contributed by atoms with E-state index in [1.165, 1.54) is 6.20 Å². The van der Waals surface area contributed by atoms with Gasteiger partial charge in [0, 0.05) is 6.07 Å². The molecule has 0 bridgehead atoms. The summed E-state index contributed by atoms with van der Waals surface area (Å²) in [7, 11) is -2.08. The van der Waals surface area contributed by atoms with Crippen LogP contribution in [0.2, 0.25) is 0 Å². The van der Waals surface area contributed by atoms with Crippen LogP contribution in [-0.2, 0) is 10.0 Å². The van der Waals surface area contributed by atoms with Crippen molar-refractivity contribution in [1.29, 1.82) is 0 Å². The number of anilines is 1. The van der Waals surface area contributed by atoms with E-state index in [2.05, 4.69) is 9.71 Å². The maximum atomic E-state index is 12.5. The Labute approximate surface area is 152 Å². The predicted molar refractivity (Wildman–Crippen MR) is 99.3 cm³/mol. The van der Waals surface area contributed by atoms with Gasteiger partial charge in [0.1, 0.15) is 11.5 Å². The molecule has 26 heavy (non-hydrogen) atoms. The molecule has 0 saturated carbocycles. The highest BCUT2D eigenvalue weighted by molar-refractivity contribution is 7.92. The molecule has 1 aromatic heterocycles. The number of benzene rings is 2. The second-order valence-electron chi connectivity index (χ2n) is 5.53. The summed E-state index contributed by atoms with van der Waals surface area (Å²) in [4.78, 5) is 4.37. The van der Waals surface area contributed by atoms with E-state index in [1.807, 2.05) is 0 Å². The third kappa shape index (κ3) is 4.12. The lowest BCUT2D eigenvalue weighted by molar-refractivity contribution is 0.412. The lowest BCUT2D eigenvalue weighted by Crippen LogP contribution is -2.14. The lowest BCUT2D eigenvalue weighted by atomic mass is 10.2. The fourth-order valence-electron chi connectivity index (χ4n) is 2.33. The Morgan fingerprint density at radius 2 is 1.62 bits per heavy atom. The number of aryl methyl sites for hydroxylation is 1. The van der Waals surface area contributed by atoms with Crippen LogP contribution in [0.4, 0.5) is 5.69 Å². The van der Waals surface area contributed by atoms with Crippen molar-refractivity contribution in [3.63, 3.8) is 0 Å². The van der Waals surface area contributed by atoms with Gasteiger partial charge in [-0.05, 0) is 48.9 Å². The van der Waals surface area contributed by atoms with Crippen LogP contribution in [0, 0.1) is 6.92 Å². The molecule has 1 heterocycles. The Kier molecular flexibility index (Phi) is 5.09. The van der Waals surface area contributed by atoms with E-state index in [9.17, 15) is 8.42 Å². The van der Waals surface area contributed by atoms with E-state index in [1.54, 1.807) is 74.7 Å². The standard InChI is InChI=1S/C19H18N2O4S/c1-14-5-3-4-6-18(14)26(22,23)21-15-7-12-19(20-13-15)25-17-10-8-16(24-2)9-11-17/h3-13,21H,1-2H3. The van der Waals surface area contributed by atoms with Crippen molar-refractivity contribution < 1.29 is 17.9 Å². The van der Waals surface area contributed by atoms with Crippen molar-refractivity contribution in [3.8, 4) is 17.4 Å². The molecule has 2 aromatic carbocycles. The number of hydrogen-bond acceptors (Lipinski definition) is 5. The largest absolute Gasteiger partial charge is 0.497 e. The van der Waals surface area contributed by atoms with Crippen LogP contribution in [0.5, 0.6) is 17.4 Å². The third-order valence-electron chi connectivity index (χ3n) is 3.65. The van der Waals surface area contributed by atoms with E-state index < -0.39 is 10.0 Å². The zero-order valence-corrected chi connectivity index (χ0v) is 15.2. The van der Waals surface area contributed by atoms with Gasteiger partial charge in [-0.15, -0.1) is 0 Å². The average Bonchev–Trinajstić information content (AvgIpc) is 2.64. The molecule has 0 fully saturated rings. The first-order valence-electron chi connectivity index (χ1n) is 7.84.